The lowest BCUT2D eigenvalue weighted by Gasteiger charge is -2.21. The van der Waals surface area contributed by atoms with Gasteiger partial charge in [0.05, 0.1) is 6.61 Å². The third kappa shape index (κ3) is 3.05. The Morgan fingerprint density at radius 2 is 1.87 bits per heavy atom. The number of hydrogen-bond donors (Lipinski definition) is 0. The second kappa shape index (κ2) is 6.54. The Balaban J connectivity index is 2.24. The highest BCUT2D eigenvalue weighted by atomic mass is 16.5. The largest absolute Gasteiger partial charge is 0.457 e. The van der Waals surface area contributed by atoms with Gasteiger partial charge in [-0.3, -0.25) is 9.59 Å². The molecule has 1 saturated carbocycles. The second-order valence-corrected chi connectivity index (χ2v) is 5.28. The molecule has 0 saturated heterocycles. The van der Waals surface area contributed by atoms with Gasteiger partial charge in [0, 0.05) is 12.7 Å². The van der Waals surface area contributed by atoms with Crippen LogP contribution in [0.15, 0.2) is 30.3 Å². The minimum atomic E-state index is -1.35. The van der Waals surface area contributed by atoms with E-state index in [1.807, 2.05) is 6.07 Å². The van der Waals surface area contributed by atoms with Gasteiger partial charge in [0.25, 0.3) is 5.78 Å². The maximum absolute atomic E-state index is 12.7. The average molecular weight is 315 g/mol. The third-order valence-electron chi connectivity index (χ3n) is 3.83. The van der Waals surface area contributed by atoms with Crippen LogP contribution >= 0.6 is 0 Å². The molecule has 1 aromatic carbocycles. The van der Waals surface area contributed by atoms with Gasteiger partial charge in [-0.2, -0.15) is 4.79 Å². The normalized spacial score (nSPS) is 14.3. The molecule has 1 aliphatic carbocycles. The van der Waals surface area contributed by atoms with Crippen molar-refractivity contribution in [2.24, 2.45) is 5.41 Å². The number of rotatable bonds is 6. The van der Waals surface area contributed by atoms with Crippen LogP contribution in [-0.4, -0.2) is 41.8 Å². The van der Waals surface area contributed by atoms with Gasteiger partial charge in [0.1, 0.15) is 5.41 Å². The highest BCUT2D eigenvalue weighted by Gasteiger charge is 2.62. The van der Waals surface area contributed by atoms with E-state index in [0.29, 0.717) is 18.5 Å². The molecule has 2 rings (SSSR count). The molecule has 0 N–H and O–H groups in total. The summed E-state index contributed by atoms with van der Waals surface area (Å²) < 4.78 is 4.69. The number of para-hydroxylation sites is 1. The number of amides is 1. The molecule has 120 valence electrons. The van der Waals surface area contributed by atoms with Crippen LogP contribution in [0.3, 0.4) is 0 Å². The summed E-state index contributed by atoms with van der Waals surface area (Å²) in [6, 6.07) is 8.85. The summed E-state index contributed by atoms with van der Waals surface area (Å²) in [5.74, 6) is -2.26. The van der Waals surface area contributed by atoms with Crippen LogP contribution in [0.5, 0.6) is 0 Å². The molecule has 0 aliphatic heterocycles. The molecule has 0 aromatic heterocycles. The van der Waals surface area contributed by atoms with Crippen LogP contribution in [0.2, 0.25) is 0 Å². The maximum atomic E-state index is 12.7. The van der Waals surface area contributed by atoms with Crippen LogP contribution in [0.25, 0.3) is 5.53 Å². The first-order valence-corrected chi connectivity index (χ1v) is 7.25. The highest BCUT2D eigenvalue weighted by molar-refractivity contribution is 6.65. The molecule has 1 aromatic rings. The van der Waals surface area contributed by atoms with Gasteiger partial charge in [-0.15, -0.1) is 0 Å². The van der Waals surface area contributed by atoms with Gasteiger partial charge in [-0.25, -0.2) is 4.79 Å². The molecule has 0 bridgehead atoms. The van der Waals surface area contributed by atoms with E-state index in [2.05, 4.69) is 9.53 Å². The summed E-state index contributed by atoms with van der Waals surface area (Å²) in [6.45, 7) is 1.61. The van der Waals surface area contributed by atoms with Crippen LogP contribution in [0.4, 0.5) is 5.69 Å². The van der Waals surface area contributed by atoms with E-state index in [0.717, 1.165) is 0 Å². The fraction of sp³-hybridized carbons (Fsp3) is 0.375. The fourth-order valence-electron chi connectivity index (χ4n) is 2.36. The zero-order valence-corrected chi connectivity index (χ0v) is 13.0. The number of benzene rings is 1. The van der Waals surface area contributed by atoms with E-state index in [9.17, 15) is 14.4 Å². The van der Waals surface area contributed by atoms with E-state index in [4.69, 9.17) is 5.53 Å². The van der Waals surface area contributed by atoms with Crippen LogP contribution in [-0.2, 0) is 19.1 Å². The molecule has 7 nitrogen and oxygen atoms in total. The molecule has 1 fully saturated rings. The monoisotopic (exact) mass is 315 g/mol. The lowest BCUT2D eigenvalue weighted by atomic mass is 9.95. The van der Waals surface area contributed by atoms with Gasteiger partial charge >= 0.3 is 11.7 Å². The van der Waals surface area contributed by atoms with Crippen molar-refractivity contribution in [1.82, 2.24) is 0 Å². The molecule has 23 heavy (non-hydrogen) atoms. The smallest absolute Gasteiger partial charge is 0.442 e. The Morgan fingerprint density at radius 3 is 2.35 bits per heavy atom. The summed E-state index contributed by atoms with van der Waals surface area (Å²) in [5.41, 5.74) is 7.51. The van der Waals surface area contributed by atoms with E-state index < -0.39 is 28.8 Å². The Bertz CT molecular complexity index is 689. The van der Waals surface area contributed by atoms with Crippen molar-refractivity contribution in [3.05, 3.63) is 35.9 Å². The van der Waals surface area contributed by atoms with Crippen molar-refractivity contribution in [2.75, 3.05) is 18.6 Å². The van der Waals surface area contributed by atoms with Crippen LogP contribution < -0.4 is 4.90 Å². The molecule has 0 atom stereocenters. The number of carbonyl (C=O) groups excluding carboxylic acids is 3. The molecule has 0 radical (unpaired) electrons. The fourth-order valence-corrected chi connectivity index (χ4v) is 2.36. The first-order chi connectivity index (χ1) is 11.0. The summed E-state index contributed by atoms with van der Waals surface area (Å²) in [5, 5.41) is 0. The number of Topliss-reactive ketones (excluding diaryl/α,β-unsaturated/α-hetero) is 1. The summed E-state index contributed by atoms with van der Waals surface area (Å²) in [7, 11) is 1.56. The van der Waals surface area contributed by atoms with Crippen LogP contribution in [0.1, 0.15) is 19.8 Å². The summed E-state index contributed by atoms with van der Waals surface area (Å²) >= 11 is 0. The number of anilines is 1. The van der Waals surface area contributed by atoms with Gasteiger partial charge in [-0.1, -0.05) is 18.2 Å². The Hall–Kier alpha value is -2.79. The van der Waals surface area contributed by atoms with Crippen molar-refractivity contribution >= 4 is 29.1 Å². The van der Waals surface area contributed by atoms with Crippen molar-refractivity contribution in [1.29, 1.82) is 0 Å². The number of esters is 1. The molecule has 1 amide bonds. The first-order valence-electron chi connectivity index (χ1n) is 7.25. The van der Waals surface area contributed by atoms with E-state index in [1.165, 1.54) is 4.90 Å². The predicted octanol–water partition coefficient (Wildman–Crippen LogP) is 1.23. The van der Waals surface area contributed by atoms with Gasteiger partial charge in [-0.05, 0) is 31.9 Å². The number of ether oxygens (including phenoxy) is 1. The number of carbonyl (C=O) groups is 3. The Morgan fingerprint density at radius 1 is 1.26 bits per heavy atom. The lowest BCUT2D eigenvalue weighted by Crippen LogP contribution is -2.44. The van der Waals surface area contributed by atoms with Gasteiger partial charge in [0.2, 0.25) is 5.91 Å². The number of ketones is 1. The van der Waals surface area contributed by atoms with Crippen molar-refractivity contribution < 1.29 is 23.9 Å². The molecule has 7 heteroatoms. The van der Waals surface area contributed by atoms with E-state index in [1.54, 1.807) is 38.2 Å². The number of nitrogens with zero attached hydrogens (tertiary/aromatic N) is 3. The zero-order chi connectivity index (χ0) is 17.0. The Labute approximate surface area is 133 Å². The minimum absolute atomic E-state index is 0.0377. The quantitative estimate of drug-likeness (QED) is 0.259. The minimum Gasteiger partial charge on any atom is -0.457 e. The van der Waals surface area contributed by atoms with Crippen molar-refractivity contribution in [2.45, 2.75) is 19.8 Å². The average Bonchev–Trinajstić information content (AvgIpc) is 3.37. The SMILES string of the molecule is CCOC(=O)C(=[N+]=[N-])C(=O)C1(C(=O)N(C)c2ccccc2)CC1. The highest BCUT2D eigenvalue weighted by Crippen LogP contribution is 2.48. The van der Waals surface area contributed by atoms with Crippen LogP contribution in [0, 0.1) is 5.41 Å². The van der Waals surface area contributed by atoms with E-state index in [-0.39, 0.29) is 6.61 Å². The molecule has 0 heterocycles. The summed E-state index contributed by atoms with van der Waals surface area (Å²) in [4.78, 5) is 41.0. The lowest BCUT2D eigenvalue weighted by molar-refractivity contribution is -0.143. The molecular formula is C16H17N3O4. The van der Waals surface area contributed by atoms with E-state index >= 15 is 0 Å². The Kier molecular flexibility index (Phi) is 4.71. The third-order valence-corrected chi connectivity index (χ3v) is 3.83. The molecule has 1 aliphatic rings. The van der Waals surface area contributed by atoms with Crippen molar-refractivity contribution in [3.8, 4) is 0 Å². The molecular weight excluding hydrogens is 298 g/mol. The van der Waals surface area contributed by atoms with Gasteiger partial charge in [0.15, 0.2) is 0 Å². The zero-order valence-electron chi connectivity index (χ0n) is 13.0. The topological polar surface area (TPSA) is 100 Å². The second-order valence-electron chi connectivity index (χ2n) is 5.28. The molecule has 0 unspecified atom stereocenters. The summed E-state index contributed by atoms with van der Waals surface area (Å²) in [6.07, 6.45) is 0.612. The number of hydrogen-bond acceptors (Lipinski definition) is 4. The van der Waals surface area contributed by atoms with Gasteiger partial charge < -0.3 is 15.2 Å². The predicted molar refractivity (Wildman–Crippen MR) is 81.8 cm³/mol. The standard InChI is InChI=1S/C16H17N3O4/c1-3-23-14(21)12(18-17)13(20)16(9-10-16)15(22)19(2)11-7-5-4-6-8-11/h4-8H,3,9-10H2,1-2H3. The maximum Gasteiger partial charge on any atom is 0.442 e. The molecule has 0 spiro atoms. The van der Waals surface area contributed by atoms with Crippen molar-refractivity contribution in [3.63, 3.8) is 0 Å². The first kappa shape index (κ1) is 16.6.